The molecule has 0 bridgehead atoms. The molecule has 0 aliphatic rings. The summed E-state index contributed by atoms with van der Waals surface area (Å²) < 4.78 is 68.9. The van der Waals surface area contributed by atoms with Crippen molar-refractivity contribution < 1.29 is 80.2 Å². The Bertz CT molecular complexity index is 2010. The normalized spacial score (nSPS) is 13.8. The van der Waals surface area contributed by atoms with E-state index in [1.807, 2.05) is 0 Å². The van der Waals surface area contributed by atoms with Crippen LogP contribution in [-0.4, -0.2) is 96.7 Å². The van der Waals surface area contributed by atoms with Gasteiger partial charge in [-0.1, -0.05) is 408 Å². The van der Waals surface area contributed by atoms with Crippen LogP contribution in [0.15, 0.2) is 0 Å². The quantitative estimate of drug-likeness (QED) is 0.0222. The van der Waals surface area contributed by atoms with Crippen LogP contribution in [0.2, 0.25) is 0 Å². The van der Waals surface area contributed by atoms with Crippen molar-refractivity contribution in [2.24, 2.45) is 11.8 Å². The maximum absolute atomic E-state index is 13.1. The average molecular weight is 1540 g/mol. The second kappa shape index (κ2) is 77.4. The Hall–Kier alpha value is -1.94. The number of esters is 4. The zero-order valence-corrected chi connectivity index (χ0v) is 70.8. The first-order chi connectivity index (χ1) is 50.9. The lowest BCUT2D eigenvalue weighted by molar-refractivity contribution is -0.161. The van der Waals surface area contributed by atoms with Crippen LogP contribution >= 0.6 is 15.6 Å². The summed E-state index contributed by atoms with van der Waals surface area (Å²) in [5.41, 5.74) is 0. The van der Waals surface area contributed by atoms with Crippen LogP contribution in [-0.2, 0) is 65.4 Å². The maximum Gasteiger partial charge on any atom is 0.472 e. The second-order valence-electron chi connectivity index (χ2n) is 31.9. The lowest BCUT2D eigenvalue weighted by Crippen LogP contribution is -2.30. The predicted octanol–water partition coefficient (Wildman–Crippen LogP) is 26.2. The molecule has 0 radical (unpaired) electrons. The summed E-state index contributed by atoms with van der Waals surface area (Å²) in [6, 6.07) is 0. The Morgan fingerprint density at radius 2 is 0.438 bits per heavy atom. The first-order valence-corrected chi connectivity index (χ1v) is 47.5. The number of carbonyl (C=O) groups is 4. The molecule has 0 aromatic heterocycles. The van der Waals surface area contributed by atoms with Crippen LogP contribution in [0.25, 0.3) is 0 Å². The van der Waals surface area contributed by atoms with Gasteiger partial charge in [0.05, 0.1) is 26.4 Å². The van der Waals surface area contributed by atoms with Gasteiger partial charge in [0.1, 0.15) is 19.3 Å². The number of rotatable bonds is 85. The van der Waals surface area contributed by atoms with Crippen LogP contribution in [0.4, 0.5) is 0 Å². The highest BCUT2D eigenvalue weighted by molar-refractivity contribution is 7.47. The van der Waals surface area contributed by atoms with E-state index in [-0.39, 0.29) is 25.7 Å². The van der Waals surface area contributed by atoms with Gasteiger partial charge in [-0.15, -0.1) is 0 Å². The number of hydrogen-bond donors (Lipinski definition) is 3. The summed E-state index contributed by atoms with van der Waals surface area (Å²) in [5.74, 6) is -0.478. The van der Waals surface area contributed by atoms with Crippen LogP contribution in [0.3, 0.4) is 0 Å². The fraction of sp³-hybridized carbons (Fsp3) is 0.953. The predicted molar refractivity (Wildman–Crippen MR) is 432 cm³/mol. The highest BCUT2D eigenvalue weighted by Gasteiger charge is 2.30. The Balaban J connectivity index is 5.24. The summed E-state index contributed by atoms with van der Waals surface area (Å²) >= 11 is 0. The molecule has 17 nitrogen and oxygen atoms in total. The first kappa shape index (κ1) is 103. The third kappa shape index (κ3) is 79.9. The van der Waals surface area contributed by atoms with Crippen LogP contribution in [0.1, 0.15) is 459 Å². The number of phosphoric acid groups is 2. The summed E-state index contributed by atoms with van der Waals surface area (Å²) in [6.45, 7) is 9.74. The van der Waals surface area contributed by atoms with Gasteiger partial charge in [0.2, 0.25) is 0 Å². The number of carbonyl (C=O) groups excluding carboxylic acids is 4. The van der Waals surface area contributed by atoms with E-state index in [1.165, 1.54) is 276 Å². The van der Waals surface area contributed by atoms with Gasteiger partial charge in [-0.2, -0.15) is 0 Å². The maximum atomic E-state index is 13.1. The van der Waals surface area contributed by atoms with Gasteiger partial charge >= 0.3 is 39.5 Å². The van der Waals surface area contributed by atoms with Gasteiger partial charge in [-0.25, -0.2) is 9.13 Å². The first-order valence-electron chi connectivity index (χ1n) is 44.5. The van der Waals surface area contributed by atoms with Crippen molar-refractivity contribution in [1.29, 1.82) is 0 Å². The molecule has 0 fully saturated rings. The minimum Gasteiger partial charge on any atom is -0.462 e. The molecule has 0 aromatic carbocycles. The SMILES string of the molecule is CCCCCCCCCCCCCCCCCCC(=O)O[C@H](COC(=O)CCCCCCCCCCCCC)COP(=O)(O)OC[C@H](O)COP(=O)(O)OC[C@@H](COC(=O)CCCCCCCCCCCCCCCCCCC(C)C)OC(=O)CCCCCCCCCCCCCCCCCCC(C)C. The largest absolute Gasteiger partial charge is 0.472 e. The monoisotopic (exact) mass is 1540 g/mol. The van der Waals surface area contributed by atoms with E-state index in [0.29, 0.717) is 25.7 Å². The molecule has 0 aliphatic heterocycles. The summed E-state index contributed by atoms with van der Waals surface area (Å²) in [6.07, 6.45) is 69.3. The van der Waals surface area contributed by atoms with Gasteiger partial charge in [0.25, 0.3) is 0 Å². The van der Waals surface area contributed by atoms with Crippen molar-refractivity contribution in [2.45, 2.75) is 477 Å². The summed E-state index contributed by atoms with van der Waals surface area (Å²) in [5, 5.41) is 10.7. The van der Waals surface area contributed by atoms with Crippen molar-refractivity contribution in [2.75, 3.05) is 39.6 Å². The van der Waals surface area contributed by atoms with Crippen molar-refractivity contribution in [1.82, 2.24) is 0 Å². The lowest BCUT2D eigenvalue weighted by Gasteiger charge is -2.21. The second-order valence-corrected chi connectivity index (χ2v) is 34.8. The Morgan fingerprint density at radius 1 is 0.257 bits per heavy atom. The Labute approximate surface area is 645 Å². The molecule has 0 rings (SSSR count). The van der Waals surface area contributed by atoms with Crippen molar-refractivity contribution in [3.8, 4) is 0 Å². The standard InChI is InChI=1S/C86H168O17P2/c1-7-9-11-13-15-17-19-20-21-28-34-40-46-52-58-64-70-85(90)102-81(74-96-83(88)68-62-56-50-44-36-18-16-14-12-10-8-2)76-100-104(92,93)98-72-80(87)73-99-105(94,95)101-77-82(103-86(91)71-65-59-53-47-41-35-30-25-23-27-32-38-43-49-55-61-67-79(5)6)75-97-84(89)69-63-57-51-45-39-33-29-24-22-26-31-37-42-48-54-60-66-78(3)4/h78-82,87H,7-77H2,1-6H3,(H,92,93)(H,94,95)/t80-,81+,82+/m0/s1. The number of aliphatic hydroxyl groups excluding tert-OH is 1. The zero-order chi connectivity index (χ0) is 77.1. The van der Waals surface area contributed by atoms with Gasteiger partial charge in [0.15, 0.2) is 12.2 Å². The van der Waals surface area contributed by atoms with E-state index in [1.54, 1.807) is 0 Å². The number of unbranched alkanes of at least 4 members (excludes halogenated alkanes) is 55. The molecule has 624 valence electrons. The highest BCUT2D eigenvalue weighted by atomic mass is 31.2. The number of aliphatic hydroxyl groups is 1. The molecule has 0 aromatic rings. The topological polar surface area (TPSA) is 237 Å². The molecule has 5 atom stereocenters. The molecule has 0 saturated heterocycles. The Kier molecular flexibility index (Phi) is 76.0. The highest BCUT2D eigenvalue weighted by Crippen LogP contribution is 2.45. The smallest absolute Gasteiger partial charge is 0.462 e. The van der Waals surface area contributed by atoms with E-state index in [9.17, 15) is 43.2 Å². The van der Waals surface area contributed by atoms with Crippen LogP contribution in [0.5, 0.6) is 0 Å². The molecule has 105 heavy (non-hydrogen) atoms. The fourth-order valence-electron chi connectivity index (χ4n) is 13.4. The fourth-order valence-corrected chi connectivity index (χ4v) is 15.0. The molecule has 0 spiro atoms. The minimum atomic E-state index is -4.97. The third-order valence-corrected chi connectivity index (χ3v) is 22.1. The van der Waals surface area contributed by atoms with E-state index < -0.39 is 97.5 Å². The molecule has 0 aliphatic carbocycles. The number of ether oxygens (including phenoxy) is 4. The van der Waals surface area contributed by atoms with Crippen LogP contribution < -0.4 is 0 Å². The van der Waals surface area contributed by atoms with Crippen LogP contribution in [0, 0.1) is 11.8 Å². The van der Waals surface area contributed by atoms with Gasteiger partial charge in [0, 0.05) is 25.7 Å². The van der Waals surface area contributed by atoms with E-state index >= 15 is 0 Å². The molecule has 0 saturated carbocycles. The zero-order valence-electron chi connectivity index (χ0n) is 69.0. The lowest BCUT2D eigenvalue weighted by atomic mass is 10.0. The summed E-state index contributed by atoms with van der Waals surface area (Å²) in [4.78, 5) is 73.2. The van der Waals surface area contributed by atoms with E-state index in [0.717, 1.165) is 102 Å². The van der Waals surface area contributed by atoms with Gasteiger partial charge in [-0.3, -0.25) is 37.3 Å². The molecule has 19 heteroatoms. The van der Waals surface area contributed by atoms with Crippen molar-refractivity contribution >= 4 is 39.5 Å². The molecule has 3 N–H and O–H groups in total. The van der Waals surface area contributed by atoms with Gasteiger partial charge in [-0.05, 0) is 37.5 Å². The van der Waals surface area contributed by atoms with Crippen molar-refractivity contribution in [3.63, 3.8) is 0 Å². The van der Waals surface area contributed by atoms with Gasteiger partial charge < -0.3 is 33.8 Å². The third-order valence-electron chi connectivity index (χ3n) is 20.2. The Morgan fingerprint density at radius 3 is 0.648 bits per heavy atom. The molecule has 2 unspecified atom stereocenters. The minimum absolute atomic E-state index is 0.109. The molecular formula is C86H168O17P2. The van der Waals surface area contributed by atoms with Crippen molar-refractivity contribution in [3.05, 3.63) is 0 Å². The van der Waals surface area contributed by atoms with E-state index in [4.69, 9.17) is 37.0 Å². The summed E-state index contributed by atoms with van der Waals surface area (Å²) in [7, 11) is -9.93. The molecular weight excluding hydrogens is 1370 g/mol. The molecule has 0 amide bonds. The average Bonchev–Trinajstić information content (AvgIpc) is 0.909. The number of phosphoric ester groups is 2. The number of hydrogen-bond acceptors (Lipinski definition) is 15. The van der Waals surface area contributed by atoms with E-state index in [2.05, 4.69) is 41.5 Å². The molecule has 0 heterocycles.